The first kappa shape index (κ1) is 20.8. The van der Waals surface area contributed by atoms with Gasteiger partial charge in [-0.25, -0.2) is 4.79 Å². The van der Waals surface area contributed by atoms with Gasteiger partial charge in [-0.05, 0) is 12.1 Å². The van der Waals surface area contributed by atoms with Crippen molar-refractivity contribution in [2.75, 3.05) is 14.2 Å². The van der Waals surface area contributed by atoms with Crippen molar-refractivity contribution in [3.05, 3.63) is 42.1 Å². The molecule has 2 aromatic rings. The summed E-state index contributed by atoms with van der Waals surface area (Å²) in [6.07, 6.45) is 1.32. The highest BCUT2D eigenvalue weighted by Crippen LogP contribution is 2.20. The first-order chi connectivity index (χ1) is 13.3. The molecule has 0 aliphatic heterocycles. The average molecular weight is 388 g/mol. The van der Waals surface area contributed by atoms with E-state index in [1.165, 1.54) is 13.1 Å². The standard InChI is InChI=1S/C19H20N2O7/c1-10(14(18(25)27-2)19(26)28-3)15(17(23)24)21-16(22)12-8-11-6-4-5-7-13(11)20-9-12/h4-10,14-15H,1-3H3,(H,21,22)(H,23,24)/t10-,15-/m0/s1. The van der Waals surface area contributed by atoms with Gasteiger partial charge in [-0.3, -0.25) is 19.4 Å². The molecule has 1 aromatic heterocycles. The smallest absolute Gasteiger partial charge is 0.326 e. The molecule has 0 aliphatic rings. The Hall–Kier alpha value is -3.49. The number of nitrogens with zero attached hydrogens (tertiary/aromatic N) is 1. The van der Waals surface area contributed by atoms with Crippen LogP contribution in [0.2, 0.25) is 0 Å². The molecule has 2 atom stereocenters. The molecule has 0 bridgehead atoms. The molecule has 148 valence electrons. The Kier molecular flexibility index (Phi) is 6.64. The van der Waals surface area contributed by atoms with Crippen LogP contribution in [0.4, 0.5) is 0 Å². The predicted octanol–water partition coefficient (Wildman–Crippen LogP) is 1.02. The van der Waals surface area contributed by atoms with Gasteiger partial charge in [0.15, 0.2) is 5.92 Å². The number of hydrogen-bond acceptors (Lipinski definition) is 7. The molecule has 9 heteroatoms. The van der Waals surface area contributed by atoms with Gasteiger partial charge in [-0.1, -0.05) is 25.1 Å². The normalized spacial score (nSPS) is 12.9. The zero-order chi connectivity index (χ0) is 20.8. The molecule has 0 saturated carbocycles. The van der Waals surface area contributed by atoms with Crippen molar-refractivity contribution >= 4 is 34.7 Å². The molecule has 0 aliphatic carbocycles. The van der Waals surface area contributed by atoms with Crippen LogP contribution >= 0.6 is 0 Å². The number of carboxylic acids is 1. The van der Waals surface area contributed by atoms with Crippen LogP contribution in [-0.4, -0.2) is 54.2 Å². The summed E-state index contributed by atoms with van der Waals surface area (Å²) in [6, 6.07) is 7.15. The van der Waals surface area contributed by atoms with Gasteiger partial charge in [0.05, 0.1) is 25.3 Å². The van der Waals surface area contributed by atoms with Crippen LogP contribution in [-0.2, 0) is 23.9 Å². The largest absolute Gasteiger partial charge is 0.480 e. The van der Waals surface area contributed by atoms with E-state index in [-0.39, 0.29) is 5.56 Å². The second kappa shape index (κ2) is 8.94. The molecular weight excluding hydrogens is 368 g/mol. The van der Waals surface area contributed by atoms with Crippen molar-refractivity contribution in [1.82, 2.24) is 10.3 Å². The number of rotatable bonds is 7. The van der Waals surface area contributed by atoms with Gasteiger partial charge in [0.1, 0.15) is 6.04 Å². The maximum Gasteiger partial charge on any atom is 0.326 e. The fourth-order valence-corrected chi connectivity index (χ4v) is 2.81. The van der Waals surface area contributed by atoms with E-state index in [0.717, 1.165) is 14.2 Å². The minimum Gasteiger partial charge on any atom is -0.480 e. The highest BCUT2D eigenvalue weighted by molar-refractivity contribution is 6.00. The van der Waals surface area contributed by atoms with Gasteiger partial charge < -0.3 is 19.9 Å². The number of benzene rings is 1. The molecular formula is C19H20N2O7. The van der Waals surface area contributed by atoms with Crippen LogP contribution in [0.5, 0.6) is 0 Å². The molecule has 0 saturated heterocycles. The van der Waals surface area contributed by atoms with Crippen molar-refractivity contribution in [2.24, 2.45) is 11.8 Å². The van der Waals surface area contributed by atoms with E-state index in [2.05, 4.69) is 19.8 Å². The summed E-state index contributed by atoms with van der Waals surface area (Å²) >= 11 is 0. The molecule has 0 radical (unpaired) electrons. The van der Waals surface area contributed by atoms with Gasteiger partial charge in [-0.2, -0.15) is 0 Å². The van der Waals surface area contributed by atoms with Crippen molar-refractivity contribution in [2.45, 2.75) is 13.0 Å². The zero-order valence-corrected chi connectivity index (χ0v) is 15.5. The number of methoxy groups -OCH3 is 2. The Balaban J connectivity index is 2.29. The van der Waals surface area contributed by atoms with Crippen LogP contribution in [0.1, 0.15) is 17.3 Å². The lowest BCUT2D eigenvalue weighted by Gasteiger charge is -2.26. The lowest BCUT2D eigenvalue weighted by molar-refractivity contribution is -0.162. The minimum atomic E-state index is -1.54. The maximum atomic E-state index is 12.6. The molecule has 2 N–H and O–H groups in total. The van der Waals surface area contributed by atoms with E-state index >= 15 is 0 Å². The number of carbonyl (C=O) groups is 4. The van der Waals surface area contributed by atoms with Crippen LogP contribution in [0.15, 0.2) is 36.5 Å². The predicted molar refractivity (Wildman–Crippen MR) is 97.3 cm³/mol. The first-order valence-electron chi connectivity index (χ1n) is 8.34. The summed E-state index contributed by atoms with van der Waals surface area (Å²) in [5.41, 5.74) is 0.823. The number of nitrogens with one attached hydrogen (secondary N) is 1. The van der Waals surface area contributed by atoms with Crippen LogP contribution in [0.3, 0.4) is 0 Å². The Morgan fingerprint density at radius 1 is 1.07 bits per heavy atom. The molecule has 0 unspecified atom stereocenters. The van der Waals surface area contributed by atoms with E-state index in [0.29, 0.717) is 10.9 Å². The van der Waals surface area contributed by atoms with E-state index in [4.69, 9.17) is 0 Å². The molecule has 1 amide bonds. The third kappa shape index (κ3) is 4.43. The number of esters is 2. The fraction of sp³-hybridized carbons (Fsp3) is 0.316. The van der Waals surface area contributed by atoms with Crippen LogP contribution in [0, 0.1) is 11.8 Å². The first-order valence-corrected chi connectivity index (χ1v) is 8.34. The third-order valence-corrected chi connectivity index (χ3v) is 4.37. The summed E-state index contributed by atoms with van der Waals surface area (Å²) in [4.78, 5) is 52.3. The molecule has 2 rings (SSSR count). The number of carbonyl (C=O) groups excluding carboxylic acids is 3. The maximum absolute atomic E-state index is 12.6. The second-order valence-electron chi connectivity index (χ2n) is 6.09. The molecule has 0 fully saturated rings. The summed E-state index contributed by atoms with van der Waals surface area (Å²) in [7, 11) is 2.14. The van der Waals surface area contributed by atoms with Crippen LogP contribution in [0.25, 0.3) is 10.9 Å². The summed E-state index contributed by atoms with van der Waals surface area (Å²) in [5.74, 6) is -6.65. The zero-order valence-electron chi connectivity index (χ0n) is 15.5. The highest BCUT2D eigenvalue weighted by Gasteiger charge is 2.42. The topological polar surface area (TPSA) is 132 Å². The van der Waals surface area contributed by atoms with Gasteiger partial charge in [-0.15, -0.1) is 0 Å². The number of carboxylic acid groups (broad SMARTS) is 1. The number of para-hydroxylation sites is 1. The van der Waals surface area contributed by atoms with E-state index in [1.807, 2.05) is 0 Å². The van der Waals surface area contributed by atoms with Crippen molar-refractivity contribution in [3.8, 4) is 0 Å². The Morgan fingerprint density at radius 2 is 1.68 bits per heavy atom. The number of pyridine rings is 1. The van der Waals surface area contributed by atoms with Crippen molar-refractivity contribution in [1.29, 1.82) is 0 Å². The second-order valence-corrected chi connectivity index (χ2v) is 6.09. The number of ether oxygens (including phenoxy) is 2. The number of hydrogen-bond donors (Lipinski definition) is 2. The molecule has 1 heterocycles. The lowest BCUT2D eigenvalue weighted by Crippen LogP contribution is -2.50. The third-order valence-electron chi connectivity index (χ3n) is 4.37. The summed E-state index contributed by atoms with van der Waals surface area (Å²) < 4.78 is 9.14. The number of amides is 1. The van der Waals surface area contributed by atoms with Crippen LogP contribution < -0.4 is 5.32 Å². The molecule has 0 spiro atoms. The highest BCUT2D eigenvalue weighted by atomic mass is 16.5. The summed E-state index contributed by atoms with van der Waals surface area (Å²) in [6.45, 7) is 1.34. The van der Waals surface area contributed by atoms with E-state index in [9.17, 15) is 24.3 Å². The monoisotopic (exact) mass is 388 g/mol. The average Bonchev–Trinajstić information content (AvgIpc) is 2.70. The van der Waals surface area contributed by atoms with E-state index < -0.39 is 41.7 Å². The van der Waals surface area contributed by atoms with Crippen molar-refractivity contribution in [3.63, 3.8) is 0 Å². The van der Waals surface area contributed by atoms with E-state index in [1.54, 1.807) is 30.3 Å². The Morgan fingerprint density at radius 3 is 2.25 bits per heavy atom. The molecule has 1 aromatic carbocycles. The van der Waals surface area contributed by atoms with Gasteiger partial charge >= 0.3 is 17.9 Å². The fourth-order valence-electron chi connectivity index (χ4n) is 2.81. The van der Waals surface area contributed by atoms with Gasteiger partial charge in [0.2, 0.25) is 0 Å². The lowest BCUT2D eigenvalue weighted by atomic mass is 9.87. The molecule has 9 nitrogen and oxygen atoms in total. The quantitative estimate of drug-likeness (QED) is 0.531. The van der Waals surface area contributed by atoms with Crippen molar-refractivity contribution < 1.29 is 33.8 Å². The van der Waals surface area contributed by atoms with Gasteiger partial charge in [0, 0.05) is 17.5 Å². The number of aliphatic carboxylic acids is 1. The number of aromatic nitrogens is 1. The van der Waals surface area contributed by atoms with Gasteiger partial charge in [0.25, 0.3) is 5.91 Å². The summed E-state index contributed by atoms with van der Waals surface area (Å²) in [5, 5.41) is 12.6. The minimum absolute atomic E-state index is 0.143. The SMILES string of the molecule is COC(=O)C(C(=O)OC)[C@H](C)[C@H](NC(=O)c1cnc2ccccc2c1)C(=O)O. The Labute approximate surface area is 160 Å². The molecule has 28 heavy (non-hydrogen) atoms. The number of fused-ring (bicyclic) bond motifs is 1. The Bertz CT molecular complexity index is 896.